The summed E-state index contributed by atoms with van der Waals surface area (Å²) < 4.78 is 17.0. The second-order valence-electron chi connectivity index (χ2n) is 7.59. The SMILES string of the molecule is COC(=O)c1cccnc1OC(=O)Cc1c(C)n(C(=O)c2ccc(Cl)cc2)c2ccc(OC)cc12. The lowest BCUT2D eigenvalue weighted by molar-refractivity contribution is -0.133. The third kappa shape index (κ3) is 4.74. The van der Waals surface area contributed by atoms with Crippen molar-refractivity contribution in [2.75, 3.05) is 14.2 Å². The van der Waals surface area contributed by atoms with E-state index in [9.17, 15) is 14.4 Å². The van der Waals surface area contributed by atoms with Crippen LogP contribution in [0.5, 0.6) is 11.6 Å². The van der Waals surface area contributed by atoms with Crippen LogP contribution in [0.4, 0.5) is 0 Å². The first-order valence-electron chi connectivity index (χ1n) is 10.6. The van der Waals surface area contributed by atoms with Crippen LogP contribution >= 0.6 is 11.6 Å². The smallest absolute Gasteiger partial charge is 0.343 e. The molecule has 0 aliphatic carbocycles. The number of fused-ring (bicyclic) bond motifs is 1. The molecule has 0 bridgehead atoms. The highest BCUT2D eigenvalue weighted by Gasteiger charge is 2.24. The zero-order chi connectivity index (χ0) is 25.1. The molecule has 178 valence electrons. The van der Waals surface area contributed by atoms with Crippen molar-refractivity contribution in [3.05, 3.63) is 88.2 Å². The molecule has 0 aliphatic heterocycles. The second kappa shape index (κ2) is 9.99. The first-order chi connectivity index (χ1) is 16.8. The molecule has 0 amide bonds. The average molecular weight is 493 g/mol. The summed E-state index contributed by atoms with van der Waals surface area (Å²) in [4.78, 5) is 42.3. The molecule has 0 atom stereocenters. The average Bonchev–Trinajstić information content (AvgIpc) is 3.14. The molecule has 35 heavy (non-hydrogen) atoms. The molecule has 4 aromatic rings. The number of hydrogen-bond acceptors (Lipinski definition) is 7. The zero-order valence-electron chi connectivity index (χ0n) is 19.2. The van der Waals surface area contributed by atoms with Gasteiger partial charge in [0.05, 0.1) is 26.2 Å². The van der Waals surface area contributed by atoms with Gasteiger partial charge in [-0.05, 0) is 67.1 Å². The summed E-state index contributed by atoms with van der Waals surface area (Å²) in [7, 11) is 2.76. The number of benzene rings is 2. The number of esters is 2. The van der Waals surface area contributed by atoms with E-state index in [2.05, 4.69) is 4.98 Å². The van der Waals surface area contributed by atoms with Crippen molar-refractivity contribution < 1.29 is 28.6 Å². The van der Waals surface area contributed by atoms with E-state index in [4.69, 9.17) is 25.8 Å². The van der Waals surface area contributed by atoms with Gasteiger partial charge in [-0.25, -0.2) is 9.78 Å². The summed E-state index contributed by atoms with van der Waals surface area (Å²) in [5.74, 6) is -1.18. The van der Waals surface area contributed by atoms with Crippen LogP contribution in [0.15, 0.2) is 60.8 Å². The number of pyridine rings is 1. The lowest BCUT2D eigenvalue weighted by Gasteiger charge is -2.09. The minimum absolute atomic E-state index is 0.0297. The number of halogens is 1. The Bertz CT molecular complexity index is 1440. The van der Waals surface area contributed by atoms with E-state index in [1.807, 2.05) is 0 Å². The van der Waals surface area contributed by atoms with Gasteiger partial charge in [-0.15, -0.1) is 0 Å². The van der Waals surface area contributed by atoms with Gasteiger partial charge >= 0.3 is 11.9 Å². The molecule has 8 nitrogen and oxygen atoms in total. The number of nitrogens with zero attached hydrogens (tertiary/aromatic N) is 2. The van der Waals surface area contributed by atoms with Crippen molar-refractivity contribution >= 4 is 40.3 Å². The molecule has 2 aromatic carbocycles. The van der Waals surface area contributed by atoms with Crippen molar-refractivity contribution in [1.29, 1.82) is 0 Å². The standard InChI is InChI=1S/C26H21ClN2O6/c1-15-20(14-23(30)35-24-19(26(32)34-3)5-4-12-28-24)21-13-18(33-2)10-11-22(21)29(15)25(31)16-6-8-17(27)9-7-16/h4-13H,14H2,1-3H3. The summed E-state index contributed by atoms with van der Waals surface area (Å²) in [5.41, 5.74) is 2.23. The summed E-state index contributed by atoms with van der Waals surface area (Å²) in [6.45, 7) is 1.75. The predicted octanol–water partition coefficient (Wildman–Crippen LogP) is 4.63. The van der Waals surface area contributed by atoms with Crippen LogP contribution < -0.4 is 9.47 Å². The molecule has 0 unspecified atom stereocenters. The predicted molar refractivity (Wildman–Crippen MR) is 129 cm³/mol. The largest absolute Gasteiger partial charge is 0.497 e. The Morgan fingerprint density at radius 2 is 1.77 bits per heavy atom. The van der Waals surface area contributed by atoms with E-state index in [0.717, 1.165) is 0 Å². The van der Waals surface area contributed by atoms with Crippen LogP contribution in [0.2, 0.25) is 5.02 Å². The lowest BCUT2D eigenvalue weighted by Crippen LogP contribution is -2.17. The van der Waals surface area contributed by atoms with Crippen molar-refractivity contribution in [3.63, 3.8) is 0 Å². The monoisotopic (exact) mass is 492 g/mol. The molecule has 0 radical (unpaired) electrons. The van der Waals surface area contributed by atoms with Crippen LogP contribution in [-0.4, -0.2) is 41.6 Å². The van der Waals surface area contributed by atoms with E-state index in [1.165, 1.54) is 32.5 Å². The van der Waals surface area contributed by atoms with Gasteiger partial charge in [0, 0.05) is 27.9 Å². The normalized spacial score (nSPS) is 10.7. The number of methoxy groups -OCH3 is 2. The van der Waals surface area contributed by atoms with Gasteiger partial charge in [0.25, 0.3) is 5.91 Å². The molecule has 0 saturated heterocycles. The molecule has 0 fully saturated rings. The second-order valence-corrected chi connectivity index (χ2v) is 8.03. The van der Waals surface area contributed by atoms with Gasteiger partial charge in [-0.1, -0.05) is 11.6 Å². The highest BCUT2D eigenvalue weighted by atomic mass is 35.5. The first-order valence-corrected chi connectivity index (χ1v) is 10.9. The molecule has 9 heteroatoms. The summed E-state index contributed by atoms with van der Waals surface area (Å²) in [6, 6.07) is 14.8. The molecule has 0 aliphatic rings. The number of hydrogen-bond donors (Lipinski definition) is 0. The Hall–Kier alpha value is -4.17. The zero-order valence-corrected chi connectivity index (χ0v) is 20.0. The van der Waals surface area contributed by atoms with Crippen molar-refractivity contribution in [3.8, 4) is 11.6 Å². The van der Waals surface area contributed by atoms with Gasteiger partial charge in [0.1, 0.15) is 11.3 Å². The number of aromatic nitrogens is 2. The Morgan fingerprint density at radius 3 is 2.46 bits per heavy atom. The highest BCUT2D eigenvalue weighted by Crippen LogP contribution is 2.31. The molecule has 0 saturated carbocycles. The Labute approximate surface area is 206 Å². The Morgan fingerprint density at radius 1 is 1.03 bits per heavy atom. The van der Waals surface area contributed by atoms with E-state index in [1.54, 1.807) is 54.0 Å². The molecular weight excluding hydrogens is 472 g/mol. The Balaban J connectivity index is 1.74. The molecule has 2 heterocycles. The van der Waals surface area contributed by atoms with E-state index >= 15 is 0 Å². The molecule has 0 spiro atoms. The maximum atomic E-state index is 13.4. The van der Waals surface area contributed by atoms with Gasteiger partial charge in [0.2, 0.25) is 5.88 Å². The molecule has 2 aromatic heterocycles. The van der Waals surface area contributed by atoms with E-state index in [0.29, 0.717) is 38.5 Å². The van der Waals surface area contributed by atoms with E-state index in [-0.39, 0.29) is 23.8 Å². The van der Waals surface area contributed by atoms with Crippen molar-refractivity contribution in [2.45, 2.75) is 13.3 Å². The quantitative estimate of drug-likeness (QED) is 0.362. The topological polar surface area (TPSA) is 96.7 Å². The van der Waals surface area contributed by atoms with Crippen LogP contribution in [0, 0.1) is 6.92 Å². The fourth-order valence-electron chi connectivity index (χ4n) is 3.82. The first kappa shape index (κ1) is 24.0. The molecule has 4 rings (SSSR count). The Kier molecular flexibility index (Phi) is 6.84. The van der Waals surface area contributed by atoms with Crippen molar-refractivity contribution in [1.82, 2.24) is 9.55 Å². The number of carbonyl (C=O) groups excluding carboxylic acids is 3. The van der Waals surface area contributed by atoms with Crippen LogP contribution in [0.3, 0.4) is 0 Å². The molecule has 0 N–H and O–H groups in total. The summed E-state index contributed by atoms with van der Waals surface area (Å²) in [6.07, 6.45) is 1.23. The van der Waals surface area contributed by atoms with Gasteiger partial charge < -0.3 is 14.2 Å². The van der Waals surface area contributed by atoms with Crippen LogP contribution in [0.1, 0.15) is 32.0 Å². The number of rotatable bonds is 6. The fraction of sp³-hybridized carbons (Fsp3) is 0.154. The highest BCUT2D eigenvalue weighted by molar-refractivity contribution is 6.30. The van der Waals surface area contributed by atoms with Crippen molar-refractivity contribution in [2.24, 2.45) is 0 Å². The van der Waals surface area contributed by atoms with Gasteiger partial charge in [-0.2, -0.15) is 0 Å². The number of ether oxygens (including phenoxy) is 3. The van der Waals surface area contributed by atoms with Gasteiger partial charge in [0.15, 0.2) is 0 Å². The molecular formula is C26H21ClN2O6. The minimum atomic E-state index is -0.674. The number of carbonyl (C=O) groups is 3. The maximum absolute atomic E-state index is 13.4. The maximum Gasteiger partial charge on any atom is 0.343 e. The fourth-order valence-corrected chi connectivity index (χ4v) is 3.95. The van der Waals surface area contributed by atoms with Crippen LogP contribution in [0.25, 0.3) is 10.9 Å². The van der Waals surface area contributed by atoms with Crippen LogP contribution in [-0.2, 0) is 16.0 Å². The van der Waals surface area contributed by atoms with Gasteiger partial charge in [-0.3, -0.25) is 14.2 Å². The lowest BCUT2D eigenvalue weighted by atomic mass is 10.1. The minimum Gasteiger partial charge on any atom is -0.497 e. The third-order valence-electron chi connectivity index (χ3n) is 5.54. The summed E-state index contributed by atoms with van der Waals surface area (Å²) in [5, 5.41) is 1.18. The third-order valence-corrected chi connectivity index (χ3v) is 5.80. The summed E-state index contributed by atoms with van der Waals surface area (Å²) >= 11 is 5.97. The van der Waals surface area contributed by atoms with E-state index < -0.39 is 11.9 Å².